The third-order valence-corrected chi connectivity index (χ3v) is 3.85. The third-order valence-electron chi connectivity index (χ3n) is 3.85. The van der Waals surface area contributed by atoms with Crippen LogP contribution in [0.5, 0.6) is 0 Å². The highest BCUT2D eigenvalue weighted by molar-refractivity contribution is 5.26. The van der Waals surface area contributed by atoms with Crippen molar-refractivity contribution >= 4 is 0 Å². The van der Waals surface area contributed by atoms with Crippen molar-refractivity contribution in [3.8, 4) is 0 Å². The largest absolute Gasteiger partial charge is 0.388 e. The van der Waals surface area contributed by atoms with E-state index in [1.807, 2.05) is 12.1 Å². The molecule has 1 aromatic carbocycles. The molecular formula is C14H21NO. The van der Waals surface area contributed by atoms with E-state index in [1.165, 1.54) is 5.56 Å². The lowest BCUT2D eigenvalue weighted by Crippen LogP contribution is -2.46. The molecule has 0 aromatic heterocycles. The van der Waals surface area contributed by atoms with Crippen molar-refractivity contribution in [2.75, 3.05) is 6.54 Å². The van der Waals surface area contributed by atoms with Gasteiger partial charge in [-0.15, -0.1) is 0 Å². The van der Waals surface area contributed by atoms with Crippen molar-refractivity contribution in [2.24, 2.45) is 17.1 Å². The molecule has 2 rings (SSSR count). The summed E-state index contributed by atoms with van der Waals surface area (Å²) in [4.78, 5) is 0. The predicted octanol–water partition coefficient (Wildman–Crippen LogP) is 2.40. The Morgan fingerprint density at radius 1 is 1.50 bits per heavy atom. The molecule has 0 saturated heterocycles. The van der Waals surface area contributed by atoms with Crippen LogP contribution in [-0.4, -0.2) is 11.7 Å². The summed E-state index contributed by atoms with van der Waals surface area (Å²) < 4.78 is 0. The summed E-state index contributed by atoms with van der Waals surface area (Å²) in [5, 5.41) is 10.5. The van der Waals surface area contributed by atoms with Gasteiger partial charge in [-0.25, -0.2) is 0 Å². The summed E-state index contributed by atoms with van der Waals surface area (Å²) in [5.41, 5.74) is 7.97. The van der Waals surface area contributed by atoms with Gasteiger partial charge in [-0.05, 0) is 31.2 Å². The number of nitrogens with two attached hydrogens (primary N) is 1. The van der Waals surface area contributed by atoms with E-state index < -0.39 is 6.10 Å². The molecule has 1 aliphatic rings. The van der Waals surface area contributed by atoms with Crippen LogP contribution in [0.1, 0.15) is 37.0 Å². The molecule has 0 spiro atoms. The van der Waals surface area contributed by atoms with Crippen molar-refractivity contribution in [1.82, 2.24) is 0 Å². The van der Waals surface area contributed by atoms with Crippen molar-refractivity contribution < 1.29 is 5.11 Å². The minimum Gasteiger partial charge on any atom is -0.388 e. The molecule has 0 bridgehead atoms. The number of hydrogen-bond donors (Lipinski definition) is 2. The van der Waals surface area contributed by atoms with Crippen LogP contribution in [0.15, 0.2) is 24.3 Å². The average Bonchev–Trinajstić information content (AvgIpc) is 2.23. The highest BCUT2D eigenvalue weighted by Crippen LogP contribution is 2.52. The van der Waals surface area contributed by atoms with E-state index in [2.05, 4.69) is 26.0 Å². The lowest BCUT2D eigenvalue weighted by Gasteiger charge is -2.49. The first-order valence-corrected chi connectivity index (χ1v) is 6.02. The van der Waals surface area contributed by atoms with Gasteiger partial charge in [-0.2, -0.15) is 0 Å². The molecule has 1 aromatic rings. The Balaban J connectivity index is 2.21. The molecule has 1 aliphatic carbocycles. The van der Waals surface area contributed by atoms with Crippen LogP contribution < -0.4 is 5.73 Å². The highest BCUT2D eigenvalue weighted by atomic mass is 16.3. The molecule has 0 aliphatic heterocycles. The molecule has 0 heterocycles. The zero-order valence-corrected chi connectivity index (χ0v) is 10.1. The normalized spacial score (nSPS) is 30.9. The number of aliphatic hydroxyl groups is 1. The predicted molar refractivity (Wildman–Crippen MR) is 66.0 cm³/mol. The maximum absolute atomic E-state index is 10.5. The second-order valence-corrected chi connectivity index (χ2v) is 5.40. The van der Waals surface area contributed by atoms with Crippen LogP contribution in [0, 0.1) is 18.3 Å². The van der Waals surface area contributed by atoms with Gasteiger partial charge in [0.2, 0.25) is 0 Å². The Labute approximate surface area is 97.5 Å². The number of rotatable bonds is 3. The molecule has 0 amide bonds. The fourth-order valence-corrected chi connectivity index (χ4v) is 3.02. The molecule has 0 unspecified atom stereocenters. The second-order valence-electron chi connectivity index (χ2n) is 5.40. The molecule has 1 saturated carbocycles. The molecule has 1 fully saturated rings. The van der Waals surface area contributed by atoms with Crippen LogP contribution in [0.4, 0.5) is 0 Å². The molecular weight excluding hydrogens is 198 g/mol. The molecule has 16 heavy (non-hydrogen) atoms. The summed E-state index contributed by atoms with van der Waals surface area (Å²) in [6.07, 6.45) is 1.67. The first kappa shape index (κ1) is 11.6. The highest BCUT2D eigenvalue weighted by Gasteiger charge is 2.46. The van der Waals surface area contributed by atoms with E-state index >= 15 is 0 Å². The third kappa shape index (κ3) is 1.87. The first-order chi connectivity index (χ1) is 7.57. The first-order valence-electron chi connectivity index (χ1n) is 6.02. The van der Waals surface area contributed by atoms with Gasteiger partial charge < -0.3 is 10.8 Å². The lowest BCUT2D eigenvalue weighted by atomic mass is 9.58. The van der Waals surface area contributed by atoms with Crippen molar-refractivity contribution in [2.45, 2.75) is 32.8 Å². The fraction of sp³-hybridized carbons (Fsp3) is 0.571. The summed E-state index contributed by atoms with van der Waals surface area (Å²) in [5.74, 6) is 0.697. The zero-order valence-electron chi connectivity index (χ0n) is 10.1. The number of hydrogen-bond acceptors (Lipinski definition) is 2. The summed E-state index contributed by atoms with van der Waals surface area (Å²) in [6, 6.07) is 8.11. The lowest BCUT2D eigenvalue weighted by molar-refractivity contribution is -0.0602. The Morgan fingerprint density at radius 2 is 2.19 bits per heavy atom. The molecule has 88 valence electrons. The Morgan fingerprint density at radius 3 is 2.69 bits per heavy atom. The van der Waals surface area contributed by atoms with Gasteiger partial charge >= 0.3 is 0 Å². The topological polar surface area (TPSA) is 46.2 Å². The summed E-state index contributed by atoms with van der Waals surface area (Å²) in [7, 11) is 0. The van der Waals surface area contributed by atoms with Crippen LogP contribution in [0.3, 0.4) is 0 Å². The van der Waals surface area contributed by atoms with Gasteiger partial charge in [-0.3, -0.25) is 0 Å². The van der Waals surface area contributed by atoms with Gasteiger partial charge in [-0.1, -0.05) is 36.8 Å². The van der Waals surface area contributed by atoms with E-state index in [9.17, 15) is 5.11 Å². The fourth-order valence-electron chi connectivity index (χ4n) is 3.02. The maximum atomic E-state index is 10.5. The SMILES string of the molecule is Cc1cccc([C@H](O)C2(CN)CC(C)C2)c1. The smallest absolute Gasteiger partial charge is 0.0858 e. The van der Waals surface area contributed by atoms with Gasteiger partial charge in [0.1, 0.15) is 0 Å². The van der Waals surface area contributed by atoms with Gasteiger partial charge in [0, 0.05) is 12.0 Å². The van der Waals surface area contributed by atoms with E-state index in [4.69, 9.17) is 5.73 Å². The van der Waals surface area contributed by atoms with Crippen molar-refractivity contribution in [1.29, 1.82) is 0 Å². The van der Waals surface area contributed by atoms with Gasteiger partial charge in [0.05, 0.1) is 6.10 Å². The van der Waals surface area contributed by atoms with Crippen LogP contribution in [-0.2, 0) is 0 Å². The van der Waals surface area contributed by atoms with Crippen LogP contribution in [0.25, 0.3) is 0 Å². The number of aliphatic hydroxyl groups excluding tert-OH is 1. The number of aryl methyl sites for hydroxylation is 1. The standard InChI is InChI=1S/C14H21NO/c1-10-4-3-5-12(6-10)13(16)14(9-15)7-11(2)8-14/h3-6,11,13,16H,7-9,15H2,1-2H3/t11?,13-,14?/m0/s1. The minimum atomic E-state index is -0.409. The van der Waals surface area contributed by atoms with Crippen molar-refractivity contribution in [3.63, 3.8) is 0 Å². The van der Waals surface area contributed by atoms with E-state index in [0.717, 1.165) is 18.4 Å². The zero-order chi connectivity index (χ0) is 11.8. The Kier molecular flexibility index (Phi) is 3.04. The number of benzene rings is 1. The summed E-state index contributed by atoms with van der Waals surface area (Å²) in [6.45, 7) is 4.85. The molecule has 3 N–H and O–H groups in total. The van der Waals surface area contributed by atoms with Crippen molar-refractivity contribution in [3.05, 3.63) is 35.4 Å². The van der Waals surface area contributed by atoms with Gasteiger partial charge in [0.15, 0.2) is 0 Å². The molecule has 1 atom stereocenters. The minimum absolute atomic E-state index is 0.0762. The molecule has 0 radical (unpaired) electrons. The monoisotopic (exact) mass is 219 g/mol. The quantitative estimate of drug-likeness (QED) is 0.820. The average molecular weight is 219 g/mol. The Bertz CT molecular complexity index is 369. The van der Waals surface area contributed by atoms with Crippen LogP contribution >= 0.6 is 0 Å². The van der Waals surface area contributed by atoms with E-state index in [-0.39, 0.29) is 5.41 Å². The molecule has 2 heteroatoms. The second kappa shape index (κ2) is 4.19. The Hall–Kier alpha value is -0.860. The van der Waals surface area contributed by atoms with E-state index in [0.29, 0.717) is 12.5 Å². The van der Waals surface area contributed by atoms with E-state index in [1.54, 1.807) is 0 Å². The van der Waals surface area contributed by atoms with Crippen LogP contribution in [0.2, 0.25) is 0 Å². The summed E-state index contributed by atoms with van der Waals surface area (Å²) >= 11 is 0. The maximum Gasteiger partial charge on any atom is 0.0858 e. The molecule has 2 nitrogen and oxygen atoms in total. The van der Waals surface area contributed by atoms with Gasteiger partial charge in [0.25, 0.3) is 0 Å².